The number of aliphatic hydroxyl groups excluding tert-OH is 1. The third kappa shape index (κ3) is 6.54. The number of hydrogen-bond acceptors (Lipinski definition) is 7. The molecule has 29 heavy (non-hydrogen) atoms. The number of unbranched alkanes of at least 4 members (excludes halogenated alkanes) is 1. The first-order chi connectivity index (χ1) is 14.0. The van der Waals surface area contributed by atoms with E-state index >= 15 is 0 Å². The Kier molecular flexibility index (Phi) is 8.06. The van der Waals surface area contributed by atoms with Crippen molar-refractivity contribution in [3.8, 4) is 0 Å². The average molecular weight is 405 g/mol. The minimum Gasteiger partial charge on any atom is -0.393 e. The van der Waals surface area contributed by atoms with Crippen molar-refractivity contribution in [3.05, 3.63) is 11.8 Å². The number of likely N-dealkylation sites (tertiary alicyclic amines) is 1. The molecule has 4 N–H and O–H groups in total. The highest BCUT2D eigenvalue weighted by Gasteiger charge is 2.24. The Balaban J connectivity index is 1.70. The van der Waals surface area contributed by atoms with Crippen LogP contribution < -0.4 is 16.0 Å². The fraction of sp³-hybridized carbons (Fsp3) is 0.762. The van der Waals surface area contributed by atoms with Crippen LogP contribution in [0, 0.1) is 0 Å². The predicted molar refractivity (Wildman–Crippen MR) is 115 cm³/mol. The van der Waals surface area contributed by atoms with Crippen molar-refractivity contribution >= 4 is 17.7 Å². The van der Waals surface area contributed by atoms with Crippen LogP contribution >= 0.6 is 0 Å². The second-order valence-corrected chi connectivity index (χ2v) is 8.44. The minimum absolute atomic E-state index is 0.113. The van der Waals surface area contributed by atoms with Gasteiger partial charge in [0.15, 0.2) is 0 Å². The molecule has 0 atom stereocenters. The van der Waals surface area contributed by atoms with Gasteiger partial charge >= 0.3 is 0 Å². The third-order valence-corrected chi connectivity index (χ3v) is 5.94. The van der Waals surface area contributed by atoms with Crippen LogP contribution in [0.4, 0.5) is 11.8 Å². The third-order valence-electron chi connectivity index (χ3n) is 5.94. The standard InChI is InChI=1S/C21H36N6O2/c1-3-4-11-22-21-23-14-18(20(29)25-16-9-12-27(2)13-10-16)19(26-21)24-15-5-7-17(28)8-6-15/h14-17,28H,3-13H2,1-2H3,(H,25,29)(H2,22,23,24,26). The van der Waals surface area contributed by atoms with E-state index in [0.717, 1.165) is 71.0 Å². The quantitative estimate of drug-likeness (QED) is 0.493. The van der Waals surface area contributed by atoms with E-state index in [-0.39, 0.29) is 24.1 Å². The van der Waals surface area contributed by atoms with Gasteiger partial charge in [0.1, 0.15) is 11.4 Å². The van der Waals surface area contributed by atoms with E-state index in [1.165, 1.54) is 0 Å². The lowest BCUT2D eigenvalue weighted by Crippen LogP contribution is -2.43. The SMILES string of the molecule is CCCCNc1ncc(C(=O)NC2CCN(C)CC2)c(NC2CCC(O)CC2)n1. The van der Waals surface area contributed by atoms with Crippen molar-refractivity contribution in [2.45, 2.75) is 76.5 Å². The van der Waals surface area contributed by atoms with Gasteiger partial charge in [0, 0.05) is 24.8 Å². The Bertz CT molecular complexity index is 655. The molecule has 2 aliphatic rings. The number of piperidine rings is 1. The Labute approximate surface area is 173 Å². The molecule has 8 heteroatoms. The zero-order chi connectivity index (χ0) is 20.6. The second-order valence-electron chi connectivity index (χ2n) is 8.44. The van der Waals surface area contributed by atoms with Gasteiger partial charge in [-0.25, -0.2) is 4.98 Å². The molecule has 0 unspecified atom stereocenters. The van der Waals surface area contributed by atoms with Gasteiger partial charge in [-0.15, -0.1) is 0 Å². The molecule has 1 saturated heterocycles. The Morgan fingerprint density at radius 3 is 2.59 bits per heavy atom. The summed E-state index contributed by atoms with van der Waals surface area (Å²) < 4.78 is 0. The van der Waals surface area contributed by atoms with E-state index in [4.69, 9.17) is 0 Å². The first-order valence-corrected chi connectivity index (χ1v) is 11.1. The number of carbonyl (C=O) groups is 1. The molecule has 8 nitrogen and oxygen atoms in total. The topological polar surface area (TPSA) is 102 Å². The number of aromatic nitrogens is 2. The highest BCUT2D eigenvalue weighted by Crippen LogP contribution is 2.24. The molecule has 1 saturated carbocycles. The van der Waals surface area contributed by atoms with Gasteiger partial charge in [0.2, 0.25) is 5.95 Å². The van der Waals surface area contributed by atoms with Crippen LogP contribution in [0.2, 0.25) is 0 Å². The zero-order valence-electron chi connectivity index (χ0n) is 17.8. The lowest BCUT2D eigenvalue weighted by molar-refractivity contribution is 0.0916. The fourth-order valence-corrected chi connectivity index (χ4v) is 3.95. The molecule has 1 amide bonds. The largest absolute Gasteiger partial charge is 0.393 e. The minimum atomic E-state index is -0.211. The Hall–Kier alpha value is -1.93. The number of aliphatic hydroxyl groups is 1. The van der Waals surface area contributed by atoms with Gasteiger partial charge < -0.3 is 26.0 Å². The Morgan fingerprint density at radius 1 is 1.17 bits per heavy atom. The second kappa shape index (κ2) is 10.7. The molecule has 1 aromatic heterocycles. The predicted octanol–water partition coefficient (Wildman–Crippen LogP) is 2.23. The molecular formula is C21H36N6O2. The summed E-state index contributed by atoms with van der Waals surface area (Å²) in [6.45, 7) is 4.95. The summed E-state index contributed by atoms with van der Waals surface area (Å²) in [7, 11) is 2.11. The van der Waals surface area contributed by atoms with Crippen LogP contribution in [0.15, 0.2) is 6.20 Å². The molecule has 1 aromatic rings. The van der Waals surface area contributed by atoms with Crippen LogP contribution in [-0.2, 0) is 0 Å². The number of nitrogens with zero attached hydrogens (tertiary/aromatic N) is 3. The van der Waals surface area contributed by atoms with Crippen LogP contribution in [0.5, 0.6) is 0 Å². The summed E-state index contributed by atoms with van der Waals surface area (Å²) in [5.41, 5.74) is 0.496. The molecule has 0 radical (unpaired) electrons. The highest BCUT2D eigenvalue weighted by atomic mass is 16.3. The normalized spacial score (nSPS) is 23.6. The summed E-state index contributed by atoms with van der Waals surface area (Å²) in [6, 6.07) is 0.408. The van der Waals surface area contributed by atoms with E-state index in [0.29, 0.717) is 17.3 Å². The van der Waals surface area contributed by atoms with Crippen LogP contribution in [-0.4, -0.2) is 70.8 Å². The summed E-state index contributed by atoms with van der Waals surface area (Å²) in [6.07, 6.45) is 8.79. The van der Waals surface area contributed by atoms with E-state index in [2.05, 4.69) is 44.8 Å². The monoisotopic (exact) mass is 404 g/mol. The first kappa shape index (κ1) is 21.8. The van der Waals surface area contributed by atoms with Crippen LogP contribution in [0.1, 0.15) is 68.6 Å². The maximum atomic E-state index is 13.0. The number of carbonyl (C=O) groups excluding carboxylic acids is 1. The van der Waals surface area contributed by atoms with Crippen molar-refractivity contribution in [2.24, 2.45) is 0 Å². The lowest BCUT2D eigenvalue weighted by atomic mass is 9.93. The maximum absolute atomic E-state index is 13.0. The van der Waals surface area contributed by atoms with Crippen molar-refractivity contribution in [3.63, 3.8) is 0 Å². The Morgan fingerprint density at radius 2 is 1.90 bits per heavy atom. The molecule has 0 bridgehead atoms. The molecule has 162 valence electrons. The molecule has 0 spiro atoms. The number of hydrogen-bond donors (Lipinski definition) is 4. The summed E-state index contributed by atoms with van der Waals surface area (Å²) >= 11 is 0. The molecule has 2 heterocycles. The average Bonchev–Trinajstić information content (AvgIpc) is 2.72. The molecule has 2 fully saturated rings. The molecule has 0 aromatic carbocycles. The first-order valence-electron chi connectivity index (χ1n) is 11.1. The molecule has 3 rings (SSSR count). The van der Waals surface area contributed by atoms with Gasteiger partial charge in [-0.2, -0.15) is 4.98 Å². The lowest BCUT2D eigenvalue weighted by Gasteiger charge is -2.30. The fourth-order valence-electron chi connectivity index (χ4n) is 3.95. The van der Waals surface area contributed by atoms with Crippen molar-refractivity contribution < 1.29 is 9.90 Å². The van der Waals surface area contributed by atoms with E-state index in [1.54, 1.807) is 6.20 Å². The van der Waals surface area contributed by atoms with E-state index in [9.17, 15) is 9.90 Å². The van der Waals surface area contributed by atoms with E-state index < -0.39 is 0 Å². The highest BCUT2D eigenvalue weighted by molar-refractivity contribution is 5.98. The smallest absolute Gasteiger partial charge is 0.256 e. The molecular weight excluding hydrogens is 368 g/mol. The van der Waals surface area contributed by atoms with Gasteiger partial charge in [0.25, 0.3) is 5.91 Å². The summed E-state index contributed by atoms with van der Waals surface area (Å²) in [5, 5.41) is 19.6. The maximum Gasteiger partial charge on any atom is 0.256 e. The molecule has 1 aliphatic heterocycles. The van der Waals surface area contributed by atoms with Crippen LogP contribution in [0.3, 0.4) is 0 Å². The summed E-state index contributed by atoms with van der Waals surface area (Å²) in [5.74, 6) is 1.02. The number of amides is 1. The van der Waals surface area contributed by atoms with Gasteiger partial charge in [-0.05, 0) is 65.1 Å². The van der Waals surface area contributed by atoms with Crippen molar-refractivity contribution in [2.75, 3.05) is 37.3 Å². The number of rotatable bonds is 8. The zero-order valence-corrected chi connectivity index (χ0v) is 17.8. The van der Waals surface area contributed by atoms with E-state index in [1.807, 2.05) is 0 Å². The van der Waals surface area contributed by atoms with Gasteiger partial charge in [0.05, 0.1) is 6.10 Å². The van der Waals surface area contributed by atoms with Crippen molar-refractivity contribution in [1.29, 1.82) is 0 Å². The van der Waals surface area contributed by atoms with Gasteiger partial charge in [-0.3, -0.25) is 4.79 Å². The molecule has 1 aliphatic carbocycles. The number of anilines is 2. The summed E-state index contributed by atoms with van der Waals surface area (Å²) in [4.78, 5) is 24.3. The number of nitrogens with one attached hydrogen (secondary N) is 3. The van der Waals surface area contributed by atoms with Gasteiger partial charge in [-0.1, -0.05) is 13.3 Å². The van der Waals surface area contributed by atoms with Crippen LogP contribution in [0.25, 0.3) is 0 Å². The van der Waals surface area contributed by atoms with Crippen molar-refractivity contribution in [1.82, 2.24) is 20.2 Å².